The molecule has 1 aliphatic heterocycles. The molecule has 1 heterocycles. The predicted octanol–water partition coefficient (Wildman–Crippen LogP) is 5.90. The highest BCUT2D eigenvalue weighted by Gasteiger charge is 2.31. The molecule has 2 heteroatoms. The van der Waals surface area contributed by atoms with Crippen LogP contribution in [0.25, 0.3) is 0 Å². The maximum atomic E-state index is 3.86. The van der Waals surface area contributed by atoms with Crippen molar-refractivity contribution in [1.29, 1.82) is 0 Å². The van der Waals surface area contributed by atoms with E-state index in [2.05, 4.69) is 54.1 Å². The van der Waals surface area contributed by atoms with E-state index in [9.17, 15) is 0 Å². The molecular weight excluding hydrogens is 316 g/mol. The second-order valence-corrected chi connectivity index (χ2v) is 7.47. The topological polar surface area (TPSA) is 0 Å². The first-order valence-corrected chi connectivity index (χ1v) is 8.70. The standard InChI is InChI=1S/C17H19BrS/c1-11-10-19-12(2)16(17(11)18)15-9-8-13-6-4-3-5-7-14(13)15/h3-6,15H,7-10H2,1-2H3. The van der Waals surface area contributed by atoms with Crippen LogP contribution < -0.4 is 0 Å². The number of halogens is 1. The number of rotatable bonds is 1. The van der Waals surface area contributed by atoms with Crippen molar-refractivity contribution in [3.63, 3.8) is 0 Å². The van der Waals surface area contributed by atoms with Crippen LogP contribution >= 0.6 is 27.7 Å². The molecule has 0 bridgehead atoms. The van der Waals surface area contributed by atoms with Gasteiger partial charge in [0, 0.05) is 16.2 Å². The summed E-state index contributed by atoms with van der Waals surface area (Å²) in [5.41, 5.74) is 6.26. The minimum atomic E-state index is 0.625. The minimum Gasteiger partial charge on any atom is -0.126 e. The van der Waals surface area contributed by atoms with Gasteiger partial charge in [0.2, 0.25) is 0 Å². The lowest BCUT2D eigenvalue weighted by atomic mass is 9.88. The summed E-state index contributed by atoms with van der Waals surface area (Å²) >= 11 is 5.86. The highest BCUT2D eigenvalue weighted by atomic mass is 79.9. The van der Waals surface area contributed by atoms with Gasteiger partial charge in [0.25, 0.3) is 0 Å². The number of hydrogen-bond acceptors (Lipinski definition) is 1. The smallest absolute Gasteiger partial charge is 0.0218 e. The van der Waals surface area contributed by atoms with Crippen LogP contribution in [0.5, 0.6) is 0 Å². The van der Waals surface area contributed by atoms with Crippen LogP contribution in [-0.4, -0.2) is 5.75 Å². The van der Waals surface area contributed by atoms with Crippen LogP contribution in [-0.2, 0) is 0 Å². The van der Waals surface area contributed by atoms with E-state index in [0.29, 0.717) is 5.92 Å². The maximum Gasteiger partial charge on any atom is 0.0218 e. The second kappa shape index (κ2) is 5.49. The van der Waals surface area contributed by atoms with Crippen molar-refractivity contribution in [1.82, 2.24) is 0 Å². The third kappa shape index (κ3) is 2.45. The summed E-state index contributed by atoms with van der Waals surface area (Å²) in [4.78, 5) is 1.51. The zero-order valence-corrected chi connectivity index (χ0v) is 13.9. The molecule has 0 spiro atoms. The van der Waals surface area contributed by atoms with Crippen molar-refractivity contribution in [3.05, 3.63) is 56.0 Å². The molecule has 0 saturated carbocycles. The first kappa shape index (κ1) is 13.5. The van der Waals surface area contributed by atoms with Crippen LogP contribution in [0.1, 0.15) is 33.1 Å². The van der Waals surface area contributed by atoms with E-state index in [4.69, 9.17) is 0 Å². The van der Waals surface area contributed by atoms with Gasteiger partial charge in [-0.15, -0.1) is 11.8 Å². The fourth-order valence-corrected chi connectivity index (χ4v) is 5.23. The lowest BCUT2D eigenvalue weighted by Gasteiger charge is -2.26. The molecule has 3 aliphatic rings. The molecule has 2 aliphatic carbocycles. The molecule has 0 aromatic carbocycles. The second-order valence-electron chi connectivity index (χ2n) is 5.49. The van der Waals surface area contributed by atoms with Crippen molar-refractivity contribution in [2.24, 2.45) is 5.92 Å². The summed E-state index contributed by atoms with van der Waals surface area (Å²) in [6, 6.07) is 0. The maximum absolute atomic E-state index is 3.86. The zero-order valence-electron chi connectivity index (χ0n) is 11.5. The van der Waals surface area contributed by atoms with Gasteiger partial charge in [-0.25, -0.2) is 0 Å². The predicted molar refractivity (Wildman–Crippen MR) is 89.4 cm³/mol. The van der Waals surface area contributed by atoms with E-state index in [0.717, 1.165) is 12.2 Å². The fourth-order valence-electron chi connectivity index (χ4n) is 3.23. The van der Waals surface area contributed by atoms with E-state index >= 15 is 0 Å². The normalized spacial score (nSPS) is 27.2. The van der Waals surface area contributed by atoms with Crippen LogP contribution in [0.3, 0.4) is 0 Å². The first-order valence-electron chi connectivity index (χ1n) is 6.92. The molecule has 3 rings (SSSR count). The summed E-state index contributed by atoms with van der Waals surface area (Å²) in [5, 5.41) is 0. The molecule has 100 valence electrons. The van der Waals surface area contributed by atoms with Gasteiger partial charge in [-0.1, -0.05) is 45.8 Å². The molecule has 19 heavy (non-hydrogen) atoms. The van der Waals surface area contributed by atoms with E-state index in [1.165, 1.54) is 27.8 Å². The summed E-state index contributed by atoms with van der Waals surface area (Å²) < 4.78 is 1.37. The van der Waals surface area contributed by atoms with Crippen LogP contribution in [0.4, 0.5) is 0 Å². The quantitative estimate of drug-likeness (QED) is 0.575. The molecule has 0 aromatic heterocycles. The SMILES string of the molecule is CC1=C(Br)C(C2CCC3=C2CC=CC=C3)=C(C)SC1. The lowest BCUT2D eigenvalue weighted by molar-refractivity contribution is 0.695. The summed E-state index contributed by atoms with van der Waals surface area (Å²) in [7, 11) is 0. The van der Waals surface area contributed by atoms with Gasteiger partial charge in [-0.05, 0) is 54.7 Å². The van der Waals surface area contributed by atoms with E-state index in [-0.39, 0.29) is 0 Å². The van der Waals surface area contributed by atoms with Crippen molar-refractivity contribution in [3.8, 4) is 0 Å². The third-order valence-corrected chi connectivity index (χ3v) is 6.60. The monoisotopic (exact) mass is 334 g/mol. The first-order chi connectivity index (χ1) is 9.18. The van der Waals surface area contributed by atoms with Crippen molar-refractivity contribution >= 4 is 27.7 Å². The van der Waals surface area contributed by atoms with E-state index in [1.54, 1.807) is 16.7 Å². The molecule has 0 amide bonds. The molecule has 1 unspecified atom stereocenters. The van der Waals surface area contributed by atoms with Crippen LogP contribution in [0.15, 0.2) is 56.0 Å². The molecule has 0 aromatic rings. The Bertz CT molecular complexity index is 558. The fraction of sp³-hybridized carbons (Fsp3) is 0.412. The van der Waals surface area contributed by atoms with Gasteiger partial charge in [0.05, 0.1) is 0 Å². The number of hydrogen-bond donors (Lipinski definition) is 0. The summed E-state index contributed by atoms with van der Waals surface area (Å²) in [5.74, 6) is 1.76. The van der Waals surface area contributed by atoms with Gasteiger partial charge >= 0.3 is 0 Å². The van der Waals surface area contributed by atoms with Crippen molar-refractivity contribution < 1.29 is 0 Å². The molecular formula is C17H19BrS. The Labute approximate surface area is 128 Å². The van der Waals surface area contributed by atoms with E-state index in [1.807, 2.05) is 11.8 Å². The summed E-state index contributed by atoms with van der Waals surface area (Å²) in [6.45, 7) is 4.54. The van der Waals surface area contributed by atoms with Gasteiger partial charge in [0.1, 0.15) is 0 Å². The average molecular weight is 335 g/mol. The van der Waals surface area contributed by atoms with Gasteiger partial charge < -0.3 is 0 Å². The van der Waals surface area contributed by atoms with E-state index < -0.39 is 0 Å². The Hall–Kier alpha value is -0.470. The molecule has 0 saturated heterocycles. The van der Waals surface area contributed by atoms with Gasteiger partial charge in [-0.3, -0.25) is 0 Å². The minimum absolute atomic E-state index is 0.625. The Balaban J connectivity index is 2.02. The number of allylic oxidation sites excluding steroid dienone is 9. The molecule has 0 fully saturated rings. The summed E-state index contributed by atoms with van der Waals surface area (Å²) in [6.07, 6.45) is 12.6. The Morgan fingerprint density at radius 2 is 2.11 bits per heavy atom. The highest BCUT2D eigenvalue weighted by molar-refractivity contribution is 9.12. The largest absolute Gasteiger partial charge is 0.126 e. The lowest BCUT2D eigenvalue weighted by Crippen LogP contribution is -2.10. The molecule has 0 radical (unpaired) electrons. The van der Waals surface area contributed by atoms with Crippen molar-refractivity contribution in [2.45, 2.75) is 33.1 Å². The molecule has 1 atom stereocenters. The Morgan fingerprint density at radius 1 is 1.26 bits per heavy atom. The molecule has 0 nitrogen and oxygen atoms in total. The van der Waals surface area contributed by atoms with Gasteiger partial charge in [0.15, 0.2) is 0 Å². The highest BCUT2D eigenvalue weighted by Crippen LogP contribution is 2.49. The van der Waals surface area contributed by atoms with Gasteiger partial charge in [-0.2, -0.15) is 0 Å². The zero-order chi connectivity index (χ0) is 13.4. The Kier molecular flexibility index (Phi) is 3.91. The average Bonchev–Trinajstić information content (AvgIpc) is 2.64. The van der Waals surface area contributed by atoms with Crippen LogP contribution in [0.2, 0.25) is 0 Å². The number of thioether (sulfide) groups is 1. The Morgan fingerprint density at radius 3 is 2.95 bits per heavy atom. The third-order valence-electron chi connectivity index (χ3n) is 4.26. The van der Waals surface area contributed by atoms with Crippen molar-refractivity contribution in [2.75, 3.05) is 5.75 Å². The molecule has 0 N–H and O–H groups in total. The van der Waals surface area contributed by atoms with Crippen LogP contribution in [0, 0.1) is 5.92 Å².